The van der Waals surface area contributed by atoms with Crippen LogP contribution in [0, 0.1) is 0 Å². The van der Waals surface area contributed by atoms with Crippen molar-refractivity contribution in [3.63, 3.8) is 0 Å². The van der Waals surface area contributed by atoms with Gasteiger partial charge in [0.15, 0.2) is 0 Å². The topological polar surface area (TPSA) is 75.3 Å². The summed E-state index contributed by atoms with van der Waals surface area (Å²) in [7, 11) is 0. The standard InChI is InChI=1S/C19H24N2O3/c1-18(2,3)12-7-11(8-13(10-12)19(4,5)6)9-14-15(22)20-17(24)21-16(14)23/h7-10H,1-6H3,(H2,20,21,22,23,24). The average Bonchev–Trinajstić information content (AvgIpc) is 2.40. The van der Waals surface area contributed by atoms with Crippen LogP contribution in [0.1, 0.15) is 58.2 Å². The molecule has 2 rings (SSSR count). The number of barbiturate groups is 1. The van der Waals surface area contributed by atoms with Crippen LogP contribution in [0.5, 0.6) is 0 Å². The van der Waals surface area contributed by atoms with Crippen molar-refractivity contribution < 1.29 is 14.4 Å². The summed E-state index contributed by atoms with van der Waals surface area (Å²) in [4.78, 5) is 35.0. The molecule has 2 N–H and O–H groups in total. The molecule has 0 atom stereocenters. The fraction of sp³-hybridized carbons (Fsp3) is 0.421. The van der Waals surface area contributed by atoms with Gasteiger partial charge in [0.05, 0.1) is 0 Å². The van der Waals surface area contributed by atoms with Crippen LogP contribution in [-0.2, 0) is 20.4 Å². The van der Waals surface area contributed by atoms with Crippen molar-refractivity contribution in [2.45, 2.75) is 52.4 Å². The van der Waals surface area contributed by atoms with E-state index in [1.807, 2.05) is 12.1 Å². The molecule has 0 bridgehead atoms. The van der Waals surface area contributed by atoms with Crippen LogP contribution in [0.2, 0.25) is 0 Å². The van der Waals surface area contributed by atoms with Crippen LogP contribution in [0.15, 0.2) is 23.8 Å². The second-order valence-corrected chi connectivity index (χ2v) is 8.14. The molecule has 1 aliphatic heterocycles. The molecular formula is C19H24N2O3. The van der Waals surface area contributed by atoms with Gasteiger partial charge >= 0.3 is 6.03 Å². The monoisotopic (exact) mass is 328 g/mol. The zero-order valence-corrected chi connectivity index (χ0v) is 15.0. The predicted molar refractivity (Wildman–Crippen MR) is 93.5 cm³/mol. The number of urea groups is 1. The maximum Gasteiger partial charge on any atom is 0.328 e. The van der Waals surface area contributed by atoms with Gasteiger partial charge in [-0.1, -0.05) is 59.7 Å². The second-order valence-electron chi connectivity index (χ2n) is 8.14. The summed E-state index contributed by atoms with van der Waals surface area (Å²) in [5.74, 6) is -1.36. The number of carbonyl (C=O) groups excluding carboxylic acids is 3. The van der Waals surface area contributed by atoms with Gasteiger partial charge in [0.1, 0.15) is 5.57 Å². The third kappa shape index (κ3) is 3.91. The molecule has 0 aromatic heterocycles. The fourth-order valence-electron chi connectivity index (χ4n) is 2.37. The molecule has 24 heavy (non-hydrogen) atoms. The van der Waals surface area contributed by atoms with E-state index in [0.29, 0.717) is 0 Å². The Balaban J connectivity index is 2.57. The fourth-order valence-corrected chi connectivity index (χ4v) is 2.37. The van der Waals surface area contributed by atoms with Crippen LogP contribution in [0.3, 0.4) is 0 Å². The van der Waals surface area contributed by atoms with Crippen molar-refractivity contribution in [2.75, 3.05) is 0 Å². The van der Waals surface area contributed by atoms with Crippen molar-refractivity contribution in [1.82, 2.24) is 10.6 Å². The number of rotatable bonds is 1. The first-order chi connectivity index (χ1) is 10.9. The van der Waals surface area contributed by atoms with Gasteiger partial charge < -0.3 is 0 Å². The minimum absolute atomic E-state index is 0.0679. The number of nitrogens with one attached hydrogen (secondary N) is 2. The number of hydrogen-bond acceptors (Lipinski definition) is 3. The Morgan fingerprint density at radius 1 is 0.750 bits per heavy atom. The Morgan fingerprint density at radius 3 is 1.54 bits per heavy atom. The minimum atomic E-state index is -0.791. The lowest BCUT2D eigenvalue weighted by Crippen LogP contribution is -2.51. The highest BCUT2D eigenvalue weighted by atomic mass is 16.2. The van der Waals surface area contributed by atoms with Crippen LogP contribution >= 0.6 is 0 Å². The summed E-state index contributed by atoms with van der Waals surface area (Å²) in [6.45, 7) is 12.7. The first kappa shape index (κ1) is 17.9. The van der Waals surface area contributed by atoms with Crippen molar-refractivity contribution in [3.8, 4) is 0 Å². The van der Waals surface area contributed by atoms with E-state index in [1.165, 1.54) is 6.08 Å². The lowest BCUT2D eigenvalue weighted by atomic mass is 9.79. The van der Waals surface area contributed by atoms with Crippen LogP contribution < -0.4 is 10.6 Å². The molecule has 1 saturated heterocycles. The lowest BCUT2D eigenvalue weighted by molar-refractivity contribution is -0.123. The quantitative estimate of drug-likeness (QED) is 0.614. The van der Waals surface area contributed by atoms with E-state index in [2.05, 4.69) is 58.2 Å². The largest absolute Gasteiger partial charge is 0.328 e. The zero-order chi connectivity index (χ0) is 18.3. The van der Waals surface area contributed by atoms with Gasteiger partial charge in [0, 0.05) is 0 Å². The van der Waals surface area contributed by atoms with Crippen molar-refractivity contribution in [2.24, 2.45) is 0 Å². The molecule has 128 valence electrons. The Bertz CT molecular complexity index is 693. The summed E-state index contributed by atoms with van der Waals surface area (Å²) in [6.07, 6.45) is 1.53. The van der Waals surface area contributed by atoms with Crippen molar-refractivity contribution >= 4 is 23.9 Å². The number of imide groups is 2. The number of carbonyl (C=O) groups is 3. The van der Waals surface area contributed by atoms with Crippen LogP contribution in [0.4, 0.5) is 4.79 Å². The molecule has 0 spiro atoms. The van der Waals surface area contributed by atoms with E-state index in [-0.39, 0.29) is 16.4 Å². The molecule has 0 aliphatic carbocycles. The second kappa shape index (κ2) is 5.89. The molecule has 1 fully saturated rings. The first-order valence-corrected chi connectivity index (χ1v) is 7.92. The Labute approximate surface area is 142 Å². The molecule has 1 aliphatic rings. The van der Waals surface area contributed by atoms with E-state index < -0.39 is 17.8 Å². The van der Waals surface area contributed by atoms with Gasteiger partial charge in [-0.05, 0) is 33.6 Å². The Hall–Kier alpha value is -2.43. The molecule has 5 nitrogen and oxygen atoms in total. The van der Waals surface area contributed by atoms with Gasteiger partial charge in [0.2, 0.25) is 0 Å². The van der Waals surface area contributed by atoms with Gasteiger partial charge in [-0.15, -0.1) is 0 Å². The lowest BCUT2D eigenvalue weighted by Gasteiger charge is -2.26. The van der Waals surface area contributed by atoms with E-state index in [9.17, 15) is 14.4 Å². The highest BCUT2D eigenvalue weighted by Crippen LogP contribution is 2.31. The normalized spacial score (nSPS) is 15.9. The maximum atomic E-state index is 11.9. The summed E-state index contributed by atoms with van der Waals surface area (Å²) in [5.41, 5.74) is 2.80. The van der Waals surface area contributed by atoms with Crippen molar-refractivity contribution in [1.29, 1.82) is 0 Å². The van der Waals surface area contributed by atoms with Gasteiger partial charge in [-0.2, -0.15) is 0 Å². The molecule has 4 amide bonds. The van der Waals surface area contributed by atoms with Crippen LogP contribution in [0.25, 0.3) is 6.08 Å². The smallest absolute Gasteiger partial charge is 0.273 e. The molecule has 1 aromatic rings. The van der Waals surface area contributed by atoms with E-state index in [1.54, 1.807) is 0 Å². The predicted octanol–water partition coefficient (Wildman–Crippen LogP) is 3.03. The SMILES string of the molecule is CC(C)(C)c1cc(C=C2C(=O)NC(=O)NC2=O)cc(C(C)(C)C)c1. The molecule has 0 unspecified atom stereocenters. The summed E-state index contributed by atoms with van der Waals surface area (Å²) in [5, 5.41) is 4.18. The van der Waals surface area contributed by atoms with Crippen molar-refractivity contribution in [3.05, 3.63) is 40.5 Å². The highest BCUT2D eigenvalue weighted by molar-refractivity contribution is 6.31. The van der Waals surface area contributed by atoms with Crippen LogP contribution in [-0.4, -0.2) is 17.8 Å². The summed E-state index contributed by atoms with van der Waals surface area (Å²) >= 11 is 0. The minimum Gasteiger partial charge on any atom is -0.273 e. The first-order valence-electron chi connectivity index (χ1n) is 7.92. The summed E-state index contributed by atoms with van der Waals surface area (Å²) < 4.78 is 0. The number of hydrogen-bond donors (Lipinski definition) is 2. The molecule has 0 radical (unpaired) electrons. The van der Waals surface area contributed by atoms with E-state index >= 15 is 0 Å². The highest BCUT2D eigenvalue weighted by Gasteiger charge is 2.28. The zero-order valence-electron chi connectivity index (χ0n) is 15.0. The maximum absolute atomic E-state index is 11.9. The van der Waals surface area contributed by atoms with E-state index in [4.69, 9.17) is 0 Å². The molecular weight excluding hydrogens is 304 g/mol. The third-order valence-electron chi connectivity index (χ3n) is 3.94. The van der Waals surface area contributed by atoms with Gasteiger partial charge in [-0.3, -0.25) is 20.2 Å². The molecule has 1 aromatic carbocycles. The third-order valence-corrected chi connectivity index (χ3v) is 3.94. The Morgan fingerprint density at radius 2 is 1.17 bits per heavy atom. The number of amides is 4. The van der Waals surface area contributed by atoms with E-state index in [0.717, 1.165) is 16.7 Å². The average molecular weight is 328 g/mol. The van der Waals surface area contributed by atoms with Gasteiger partial charge in [0.25, 0.3) is 11.8 Å². The summed E-state index contributed by atoms with van der Waals surface area (Å²) in [6, 6.07) is 5.31. The molecule has 1 heterocycles. The number of benzene rings is 1. The molecule has 5 heteroatoms. The Kier molecular flexibility index (Phi) is 4.40. The molecule has 0 saturated carbocycles. The van der Waals surface area contributed by atoms with Gasteiger partial charge in [-0.25, -0.2) is 4.79 Å².